The lowest BCUT2D eigenvalue weighted by atomic mass is 10.2. The maximum Gasteiger partial charge on any atom is 0.335 e. The van der Waals surface area contributed by atoms with Gasteiger partial charge in [-0.2, -0.15) is 0 Å². The molecule has 7 heteroatoms. The van der Waals surface area contributed by atoms with Gasteiger partial charge in [0, 0.05) is 16.4 Å². The van der Waals surface area contributed by atoms with Crippen molar-refractivity contribution in [3.05, 3.63) is 29.8 Å². The van der Waals surface area contributed by atoms with Crippen LogP contribution in [0.1, 0.15) is 23.7 Å². The predicted octanol–water partition coefficient (Wildman–Crippen LogP) is 1.32. The summed E-state index contributed by atoms with van der Waals surface area (Å²) in [5, 5.41) is 8.83. The van der Waals surface area contributed by atoms with Crippen LogP contribution in [-0.4, -0.2) is 41.0 Å². The van der Waals surface area contributed by atoms with E-state index < -0.39 is 26.6 Å². The first-order valence-corrected chi connectivity index (χ1v) is 8.92. The number of carboxylic acids is 1. The highest BCUT2D eigenvalue weighted by Crippen LogP contribution is 2.11. The van der Waals surface area contributed by atoms with Crippen molar-refractivity contribution in [2.45, 2.75) is 18.2 Å². The number of carbonyl (C=O) groups is 1. The Hall–Kier alpha value is -1.21. The second kappa shape index (κ2) is 6.81. The van der Waals surface area contributed by atoms with Crippen LogP contribution in [0, 0.1) is 0 Å². The Morgan fingerprint density at radius 1 is 1.32 bits per heavy atom. The number of sulfone groups is 1. The van der Waals surface area contributed by atoms with Gasteiger partial charge in [-0.3, -0.25) is 4.21 Å². The van der Waals surface area contributed by atoms with Gasteiger partial charge in [0.25, 0.3) is 0 Å². The van der Waals surface area contributed by atoms with Gasteiger partial charge in [-0.05, 0) is 24.6 Å². The minimum Gasteiger partial charge on any atom is -0.478 e. The summed E-state index contributed by atoms with van der Waals surface area (Å²) in [6.07, 6.45) is 0.531. The number of rotatable bonds is 7. The summed E-state index contributed by atoms with van der Waals surface area (Å²) in [6.45, 7) is 1.77. The maximum absolute atomic E-state index is 11.9. The molecule has 0 aliphatic carbocycles. The number of benzene rings is 1. The molecule has 1 aromatic carbocycles. The molecule has 1 aromatic rings. The van der Waals surface area contributed by atoms with Crippen molar-refractivity contribution in [1.29, 1.82) is 0 Å². The standard InChI is InChI=1S/C12H16O5S2/c1-2-7-19(16,17)8-6-18(15)11-5-3-4-10(9-11)12(13)14/h3-5,9H,2,6-8H2,1H3,(H,13,14). The fourth-order valence-corrected chi connectivity index (χ4v) is 4.68. The van der Waals surface area contributed by atoms with Crippen LogP contribution in [0.25, 0.3) is 0 Å². The van der Waals surface area contributed by atoms with Crippen molar-refractivity contribution >= 4 is 26.6 Å². The van der Waals surface area contributed by atoms with Crippen LogP contribution in [0.3, 0.4) is 0 Å². The van der Waals surface area contributed by atoms with Crippen LogP contribution >= 0.6 is 0 Å². The molecular formula is C12H16O5S2. The van der Waals surface area contributed by atoms with E-state index in [9.17, 15) is 17.4 Å². The zero-order valence-corrected chi connectivity index (χ0v) is 12.2. The Kier molecular flexibility index (Phi) is 5.68. The monoisotopic (exact) mass is 304 g/mol. The Morgan fingerprint density at radius 3 is 2.58 bits per heavy atom. The van der Waals surface area contributed by atoms with Crippen molar-refractivity contribution in [2.75, 3.05) is 17.3 Å². The maximum atomic E-state index is 11.9. The van der Waals surface area contributed by atoms with Crippen molar-refractivity contribution in [3.63, 3.8) is 0 Å². The number of carboxylic acid groups (broad SMARTS) is 1. The molecule has 1 atom stereocenters. The number of hydrogen-bond donors (Lipinski definition) is 1. The van der Waals surface area contributed by atoms with Crippen molar-refractivity contribution in [2.24, 2.45) is 0 Å². The van der Waals surface area contributed by atoms with E-state index >= 15 is 0 Å². The molecular weight excluding hydrogens is 288 g/mol. The van der Waals surface area contributed by atoms with Gasteiger partial charge in [0.1, 0.15) is 0 Å². The first-order chi connectivity index (χ1) is 8.85. The van der Waals surface area contributed by atoms with Crippen LogP contribution < -0.4 is 0 Å². The van der Waals surface area contributed by atoms with Gasteiger partial charge in [0.2, 0.25) is 0 Å². The molecule has 1 N–H and O–H groups in total. The first kappa shape index (κ1) is 15.8. The molecule has 0 heterocycles. The van der Waals surface area contributed by atoms with Gasteiger partial charge < -0.3 is 5.11 Å². The largest absolute Gasteiger partial charge is 0.478 e. The fourth-order valence-electron chi connectivity index (χ4n) is 1.50. The van der Waals surface area contributed by atoms with E-state index in [1.54, 1.807) is 6.92 Å². The minimum atomic E-state index is -3.17. The lowest BCUT2D eigenvalue weighted by Gasteiger charge is -2.04. The van der Waals surface area contributed by atoms with Crippen molar-refractivity contribution < 1.29 is 22.5 Å². The Bertz CT molecular complexity index is 578. The van der Waals surface area contributed by atoms with E-state index in [2.05, 4.69) is 0 Å². The van der Waals surface area contributed by atoms with Crippen LogP contribution in [0.5, 0.6) is 0 Å². The van der Waals surface area contributed by atoms with Gasteiger partial charge in [0.15, 0.2) is 9.84 Å². The normalized spacial score (nSPS) is 13.1. The third kappa shape index (κ3) is 5.12. The molecule has 1 rings (SSSR count). The average molecular weight is 304 g/mol. The van der Waals surface area contributed by atoms with Gasteiger partial charge in [0.05, 0.1) is 22.1 Å². The molecule has 0 aliphatic rings. The molecule has 106 valence electrons. The molecule has 0 aromatic heterocycles. The Morgan fingerprint density at radius 2 is 2.00 bits per heavy atom. The summed E-state index contributed by atoms with van der Waals surface area (Å²) in [6, 6.07) is 5.74. The highest BCUT2D eigenvalue weighted by Gasteiger charge is 2.14. The van der Waals surface area contributed by atoms with Gasteiger partial charge >= 0.3 is 5.97 Å². The smallest absolute Gasteiger partial charge is 0.335 e. The predicted molar refractivity (Wildman–Crippen MR) is 73.6 cm³/mol. The molecule has 1 unspecified atom stereocenters. The van der Waals surface area contributed by atoms with Crippen LogP contribution in [0.15, 0.2) is 29.2 Å². The van der Waals surface area contributed by atoms with Gasteiger partial charge in [-0.15, -0.1) is 0 Å². The van der Waals surface area contributed by atoms with E-state index in [-0.39, 0.29) is 22.8 Å². The number of hydrogen-bond acceptors (Lipinski definition) is 4. The SMILES string of the molecule is CCCS(=O)(=O)CCS(=O)c1cccc(C(=O)O)c1. The lowest BCUT2D eigenvalue weighted by Crippen LogP contribution is -2.16. The van der Waals surface area contributed by atoms with Crippen molar-refractivity contribution in [3.8, 4) is 0 Å². The molecule has 19 heavy (non-hydrogen) atoms. The molecule has 0 radical (unpaired) electrons. The minimum absolute atomic E-state index is 0.00853. The van der Waals surface area contributed by atoms with Crippen LogP contribution in [-0.2, 0) is 20.6 Å². The molecule has 0 bridgehead atoms. The molecule has 0 spiro atoms. The van der Waals surface area contributed by atoms with E-state index in [1.165, 1.54) is 24.3 Å². The summed E-state index contributed by atoms with van der Waals surface area (Å²) in [4.78, 5) is 11.1. The summed E-state index contributed by atoms with van der Waals surface area (Å²) in [7, 11) is -4.67. The zero-order valence-electron chi connectivity index (χ0n) is 10.5. The molecule has 0 saturated carbocycles. The van der Waals surface area contributed by atoms with Crippen LogP contribution in [0.2, 0.25) is 0 Å². The highest BCUT2D eigenvalue weighted by atomic mass is 32.2. The molecule has 5 nitrogen and oxygen atoms in total. The van der Waals surface area contributed by atoms with Gasteiger partial charge in [-0.1, -0.05) is 13.0 Å². The molecule has 0 fully saturated rings. The second-order valence-electron chi connectivity index (χ2n) is 4.03. The number of aromatic carboxylic acids is 1. The zero-order chi connectivity index (χ0) is 14.5. The third-order valence-electron chi connectivity index (χ3n) is 2.44. The Labute approximate surface area is 115 Å². The van der Waals surface area contributed by atoms with E-state index in [0.29, 0.717) is 11.3 Å². The van der Waals surface area contributed by atoms with Crippen LogP contribution in [0.4, 0.5) is 0 Å². The second-order valence-corrected chi connectivity index (χ2v) is 7.91. The molecule has 0 aliphatic heterocycles. The summed E-state index contributed by atoms with van der Waals surface area (Å²) in [5.41, 5.74) is 0.0438. The quantitative estimate of drug-likeness (QED) is 0.820. The Balaban J connectivity index is 2.74. The topological polar surface area (TPSA) is 88.5 Å². The van der Waals surface area contributed by atoms with E-state index in [1.807, 2.05) is 0 Å². The van der Waals surface area contributed by atoms with Crippen molar-refractivity contribution in [1.82, 2.24) is 0 Å². The molecule has 0 amide bonds. The molecule has 0 saturated heterocycles. The lowest BCUT2D eigenvalue weighted by molar-refractivity contribution is 0.0696. The van der Waals surface area contributed by atoms with E-state index in [4.69, 9.17) is 5.11 Å². The summed E-state index contributed by atoms with van der Waals surface area (Å²) in [5.74, 6) is -1.17. The third-order valence-corrected chi connectivity index (χ3v) is 5.91. The first-order valence-electron chi connectivity index (χ1n) is 5.78. The summed E-state index contributed by atoms with van der Waals surface area (Å²) < 4.78 is 35.0. The van der Waals surface area contributed by atoms with Gasteiger partial charge in [-0.25, -0.2) is 13.2 Å². The fraction of sp³-hybridized carbons (Fsp3) is 0.417. The summed E-state index contributed by atoms with van der Waals surface area (Å²) >= 11 is 0. The van der Waals surface area contributed by atoms with E-state index in [0.717, 1.165) is 0 Å². The average Bonchev–Trinajstić information content (AvgIpc) is 2.36. The highest BCUT2D eigenvalue weighted by molar-refractivity contribution is 7.93.